The molecule has 0 saturated carbocycles. The van der Waals surface area contributed by atoms with Crippen LogP contribution in [0.2, 0.25) is 0 Å². The molecule has 1 atom stereocenters. The van der Waals surface area contributed by atoms with Crippen LogP contribution in [0.3, 0.4) is 0 Å². The summed E-state index contributed by atoms with van der Waals surface area (Å²) in [6, 6.07) is 6.44. The first-order valence-corrected chi connectivity index (χ1v) is 10.1. The van der Waals surface area contributed by atoms with Crippen molar-refractivity contribution in [3.63, 3.8) is 0 Å². The minimum atomic E-state index is -0.649. The first-order chi connectivity index (χ1) is 11.6. The molecule has 1 fully saturated rings. The number of carboxylic acid groups (broad SMARTS) is 1. The molecule has 0 spiro atoms. The predicted octanol–water partition coefficient (Wildman–Crippen LogP) is 4.74. The second-order valence-electron chi connectivity index (χ2n) is 6.29. The molecule has 0 amide bonds. The van der Waals surface area contributed by atoms with Crippen molar-refractivity contribution in [3.8, 4) is 0 Å². The molecule has 0 radical (unpaired) electrons. The van der Waals surface area contributed by atoms with Gasteiger partial charge < -0.3 is 10.0 Å². The number of carboxylic acids is 1. The third-order valence-corrected chi connectivity index (χ3v) is 6.49. The van der Waals surface area contributed by atoms with E-state index in [1.54, 1.807) is 22.7 Å². The number of piperidine rings is 1. The van der Waals surface area contributed by atoms with Gasteiger partial charge in [0.1, 0.15) is 0 Å². The first kappa shape index (κ1) is 17.4. The van der Waals surface area contributed by atoms with Crippen LogP contribution in [0.1, 0.15) is 34.6 Å². The Hall–Kier alpha value is -1.43. The van der Waals surface area contributed by atoms with Crippen molar-refractivity contribution in [2.24, 2.45) is 5.92 Å². The maximum atomic E-state index is 11.2. The van der Waals surface area contributed by atoms with E-state index in [-0.39, 0.29) is 5.92 Å². The maximum Gasteiger partial charge on any atom is 0.307 e. The SMILES string of the molecule is Cc1ccsc1/C(=C/CCN1CCC[C@H](C(=O)O)C1)c1cccs1. The van der Waals surface area contributed by atoms with Gasteiger partial charge in [-0.05, 0) is 61.2 Å². The van der Waals surface area contributed by atoms with Crippen LogP contribution >= 0.6 is 22.7 Å². The fourth-order valence-electron chi connectivity index (χ4n) is 3.24. The maximum absolute atomic E-state index is 11.2. The minimum Gasteiger partial charge on any atom is -0.481 e. The van der Waals surface area contributed by atoms with Gasteiger partial charge in [0.2, 0.25) is 0 Å². The Bertz CT molecular complexity index is 703. The zero-order valence-electron chi connectivity index (χ0n) is 13.9. The number of rotatable bonds is 6. The standard InChI is InChI=1S/C19H23NO2S2/c1-14-8-12-24-18(14)16(17-7-4-11-23-17)6-3-10-20-9-2-5-15(13-20)19(21)22/h4,6-8,11-12,15H,2-3,5,9-10,13H2,1H3,(H,21,22)/b16-6+/t15-/m0/s1. The van der Waals surface area contributed by atoms with Gasteiger partial charge in [0.25, 0.3) is 0 Å². The highest BCUT2D eigenvalue weighted by Gasteiger charge is 2.24. The first-order valence-electron chi connectivity index (χ1n) is 8.39. The minimum absolute atomic E-state index is 0.195. The van der Waals surface area contributed by atoms with Crippen molar-refractivity contribution < 1.29 is 9.90 Å². The van der Waals surface area contributed by atoms with E-state index in [0.717, 1.165) is 32.4 Å². The lowest BCUT2D eigenvalue weighted by atomic mass is 9.98. The molecule has 128 valence electrons. The normalized spacial score (nSPS) is 19.5. The van der Waals surface area contributed by atoms with E-state index in [1.807, 2.05) is 0 Å². The number of carbonyl (C=O) groups is 1. The second kappa shape index (κ2) is 8.10. The number of hydrogen-bond donors (Lipinski definition) is 1. The van der Waals surface area contributed by atoms with E-state index < -0.39 is 5.97 Å². The average molecular weight is 362 g/mol. The lowest BCUT2D eigenvalue weighted by molar-refractivity contribution is -0.143. The number of aliphatic carboxylic acids is 1. The summed E-state index contributed by atoms with van der Waals surface area (Å²) in [5.41, 5.74) is 2.65. The van der Waals surface area contributed by atoms with Crippen molar-refractivity contribution in [1.82, 2.24) is 4.90 Å². The summed E-state index contributed by atoms with van der Waals surface area (Å²) in [5.74, 6) is -0.845. The lowest BCUT2D eigenvalue weighted by Gasteiger charge is -2.30. The van der Waals surface area contributed by atoms with Gasteiger partial charge in [-0.3, -0.25) is 4.79 Å². The number of thiophene rings is 2. The highest BCUT2D eigenvalue weighted by Crippen LogP contribution is 2.33. The molecule has 1 saturated heterocycles. The van der Waals surface area contributed by atoms with Crippen molar-refractivity contribution in [2.75, 3.05) is 19.6 Å². The fourth-order valence-corrected chi connectivity index (χ4v) is 5.06. The molecule has 3 nitrogen and oxygen atoms in total. The Kier molecular flexibility index (Phi) is 5.87. The molecule has 3 rings (SSSR count). The Morgan fingerprint density at radius 1 is 1.38 bits per heavy atom. The molecule has 0 aromatic carbocycles. The molecule has 2 aromatic rings. The third-order valence-electron chi connectivity index (χ3n) is 4.54. The molecule has 1 N–H and O–H groups in total. The third kappa shape index (κ3) is 4.15. The highest BCUT2D eigenvalue weighted by atomic mass is 32.1. The van der Waals surface area contributed by atoms with Crippen molar-refractivity contribution in [1.29, 1.82) is 0 Å². The molecule has 24 heavy (non-hydrogen) atoms. The van der Waals surface area contributed by atoms with Crippen LogP contribution in [0.4, 0.5) is 0 Å². The fraction of sp³-hybridized carbons (Fsp3) is 0.421. The van der Waals surface area contributed by atoms with E-state index in [9.17, 15) is 9.90 Å². The van der Waals surface area contributed by atoms with Crippen LogP contribution in [0.5, 0.6) is 0 Å². The molecular formula is C19H23NO2S2. The van der Waals surface area contributed by atoms with Gasteiger partial charge >= 0.3 is 5.97 Å². The van der Waals surface area contributed by atoms with Gasteiger partial charge in [-0.2, -0.15) is 0 Å². The van der Waals surface area contributed by atoms with Crippen LogP contribution < -0.4 is 0 Å². The zero-order valence-corrected chi connectivity index (χ0v) is 15.5. The summed E-state index contributed by atoms with van der Waals surface area (Å²) in [6.07, 6.45) is 5.09. The van der Waals surface area contributed by atoms with Crippen LogP contribution in [-0.4, -0.2) is 35.6 Å². The molecule has 0 aliphatic carbocycles. The topological polar surface area (TPSA) is 40.5 Å². The molecule has 1 aliphatic rings. The second-order valence-corrected chi connectivity index (χ2v) is 8.16. The van der Waals surface area contributed by atoms with Crippen LogP contribution in [0.25, 0.3) is 5.57 Å². The summed E-state index contributed by atoms with van der Waals surface area (Å²) >= 11 is 3.57. The smallest absolute Gasteiger partial charge is 0.307 e. The lowest BCUT2D eigenvalue weighted by Crippen LogP contribution is -2.39. The quantitative estimate of drug-likeness (QED) is 0.808. The number of aryl methyl sites for hydroxylation is 1. The van der Waals surface area contributed by atoms with Gasteiger partial charge in [0, 0.05) is 28.4 Å². The summed E-state index contributed by atoms with van der Waals surface area (Å²) in [6.45, 7) is 4.80. The largest absolute Gasteiger partial charge is 0.481 e. The number of hydrogen-bond acceptors (Lipinski definition) is 4. The van der Waals surface area contributed by atoms with Crippen molar-refractivity contribution in [3.05, 3.63) is 50.4 Å². The molecule has 5 heteroatoms. The van der Waals surface area contributed by atoms with Crippen LogP contribution in [0.15, 0.2) is 35.0 Å². The summed E-state index contributed by atoms with van der Waals surface area (Å²) in [7, 11) is 0. The summed E-state index contributed by atoms with van der Waals surface area (Å²) in [5, 5.41) is 13.5. The highest BCUT2D eigenvalue weighted by molar-refractivity contribution is 7.13. The van der Waals surface area contributed by atoms with Gasteiger partial charge in [-0.25, -0.2) is 0 Å². The number of likely N-dealkylation sites (tertiary alicyclic amines) is 1. The molecule has 1 aliphatic heterocycles. The molecule has 0 unspecified atom stereocenters. The zero-order chi connectivity index (χ0) is 16.9. The predicted molar refractivity (Wildman–Crippen MR) is 102 cm³/mol. The molecule has 3 heterocycles. The van der Waals surface area contributed by atoms with Crippen molar-refractivity contribution >= 4 is 34.2 Å². The Balaban J connectivity index is 1.68. The molecule has 2 aromatic heterocycles. The van der Waals surface area contributed by atoms with E-state index in [0.29, 0.717) is 6.54 Å². The van der Waals surface area contributed by atoms with Gasteiger partial charge in [-0.15, -0.1) is 22.7 Å². The Morgan fingerprint density at radius 2 is 2.25 bits per heavy atom. The van der Waals surface area contributed by atoms with E-state index in [2.05, 4.69) is 46.9 Å². The average Bonchev–Trinajstić information content (AvgIpc) is 3.24. The van der Waals surface area contributed by atoms with Crippen LogP contribution in [-0.2, 0) is 4.79 Å². The molecule has 0 bridgehead atoms. The van der Waals surface area contributed by atoms with Gasteiger partial charge in [0.15, 0.2) is 0 Å². The van der Waals surface area contributed by atoms with Gasteiger partial charge in [0.05, 0.1) is 5.92 Å². The van der Waals surface area contributed by atoms with E-state index >= 15 is 0 Å². The van der Waals surface area contributed by atoms with E-state index in [1.165, 1.54) is 20.9 Å². The number of nitrogens with zero attached hydrogens (tertiary/aromatic N) is 1. The Morgan fingerprint density at radius 3 is 2.92 bits per heavy atom. The summed E-state index contributed by atoms with van der Waals surface area (Å²) < 4.78 is 0. The van der Waals surface area contributed by atoms with Crippen LogP contribution in [0, 0.1) is 12.8 Å². The van der Waals surface area contributed by atoms with Crippen molar-refractivity contribution in [2.45, 2.75) is 26.2 Å². The van der Waals surface area contributed by atoms with Gasteiger partial charge in [-0.1, -0.05) is 12.1 Å². The molecular weight excluding hydrogens is 338 g/mol. The summed E-state index contributed by atoms with van der Waals surface area (Å²) in [4.78, 5) is 16.1. The monoisotopic (exact) mass is 361 g/mol. The Labute approximate surface area is 151 Å². The van der Waals surface area contributed by atoms with E-state index in [4.69, 9.17) is 0 Å².